The number of methoxy groups -OCH3 is 1. The minimum atomic E-state index is -0.587. The summed E-state index contributed by atoms with van der Waals surface area (Å²) in [6, 6.07) is 5.80. The molecule has 2 N–H and O–H groups in total. The lowest BCUT2D eigenvalue weighted by Crippen LogP contribution is -2.48. The van der Waals surface area contributed by atoms with Crippen molar-refractivity contribution in [3.63, 3.8) is 0 Å². The lowest BCUT2D eigenvalue weighted by atomic mass is 9.94. The number of ether oxygens (including phenoxy) is 1. The van der Waals surface area contributed by atoms with E-state index < -0.39 is 6.04 Å². The zero-order chi connectivity index (χ0) is 14.7. The predicted molar refractivity (Wildman–Crippen MR) is 88.3 cm³/mol. The van der Waals surface area contributed by atoms with Crippen molar-refractivity contribution in [1.82, 2.24) is 0 Å². The number of anilines is 1. The van der Waals surface area contributed by atoms with Gasteiger partial charge in [-0.1, -0.05) is 26.0 Å². The molecule has 2 rings (SSSR count). The first-order valence-electron chi connectivity index (χ1n) is 7.23. The molecule has 1 aromatic carbocycles. The lowest BCUT2D eigenvalue weighted by Gasteiger charge is -2.32. The summed E-state index contributed by atoms with van der Waals surface area (Å²) in [5, 5.41) is 0. The van der Waals surface area contributed by atoms with Crippen molar-refractivity contribution in [3.8, 4) is 0 Å². The molecule has 0 saturated heterocycles. The number of hydrogen-bond donors (Lipinski definition) is 1. The summed E-state index contributed by atoms with van der Waals surface area (Å²) in [5.74, 6) is 0.451. The molecule has 118 valence electrons. The lowest BCUT2D eigenvalue weighted by molar-refractivity contribution is -0.121. The average Bonchev–Trinajstić information content (AvgIpc) is 2.45. The van der Waals surface area contributed by atoms with Crippen LogP contribution < -0.4 is 10.6 Å². The molecule has 0 aromatic heterocycles. The number of carbonyl (C=O) groups is 1. The number of rotatable bonds is 4. The third kappa shape index (κ3) is 3.96. The molecule has 0 saturated carbocycles. The van der Waals surface area contributed by atoms with E-state index in [1.165, 1.54) is 11.1 Å². The Balaban J connectivity index is 0.00000220. The Morgan fingerprint density at radius 1 is 1.43 bits per heavy atom. The molecule has 0 bridgehead atoms. The van der Waals surface area contributed by atoms with Crippen molar-refractivity contribution in [1.29, 1.82) is 0 Å². The second kappa shape index (κ2) is 7.78. The highest BCUT2D eigenvalue weighted by molar-refractivity contribution is 5.98. The van der Waals surface area contributed by atoms with Gasteiger partial charge in [0.25, 0.3) is 0 Å². The summed E-state index contributed by atoms with van der Waals surface area (Å²) in [6.45, 7) is 5.36. The van der Waals surface area contributed by atoms with Gasteiger partial charge in [-0.2, -0.15) is 0 Å². The maximum absolute atomic E-state index is 12.4. The van der Waals surface area contributed by atoms with Gasteiger partial charge in [-0.25, -0.2) is 0 Å². The number of fused-ring (bicyclic) bond motifs is 1. The highest BCUT2D eigenvalue weighted by Crippen LogP contribution is 2.30. The molecule has 1 aliphatic rings. The quantitative estimate of drug-likeness (QED) is 0.929. The minimum Gasteiger partial charge on any atom is -0.383 e. The number of benzene rings is 1. The monoisotopic (exact) mass is 312 g/mol. The van der Waals surface area contributed by atoms with E-state index in [4.69, 9.17) is 10.5 Å². The maximum atomic E-state index is 12.4. The van der Waals surface area contributed by atoms with Gasteiger partial charge in [0.05, 0.1) is 6.61 Å². The van der Waals surface area contributed by atoms with Gasteiger partial charge in [-0.15, -0.1) is 12.4 Å². The molecule has 1 aliphatic heterocycles. The molecule has 0 aliphatic carbocycles. The normalized spacial score (nSPS) is 15.4. The van der Waals surface area contributed by atoms with Crippen LogP contribution in [0, 0.1) is 0 Å². The van der Waals surface area contributed by atoms with E-state index in [0.717, 1.165) is 25.1 Å². The van der Waals surface area contributed by atoms with Gasteiger partial charge in [0.2, 0.25) is 5.91 Å². The number of halogens is 1. The minimum absolute atomic E-state index is 0. The predicted octanol–water partition coefficient (Wildman–Crippen LogP) is 2.48. The Bertz CT molecular complexity index is 491. The molecule has 1 aromatic rings. The summed E-state index contributed by atoms with van der Waals surface area (Å²) in [6.07, 6.45) is 2.01. The third-order valence-electron chi connectivity index (χ3n) is 3.82. The molecule has 21 heavy (non-hydrogen) atoms. The molecule has 0 spiro atoms. The van der Waals surface area contributed by atoms with Crippen molar-refractivity contribution in [3.05, 3.63) is 29.3 Å². The molecule has 0 fully saturated rings. The molecule has 1 amide bonds. The molecular formula is C16H25ClN2O2. The summed E-state index contributed by atoms with van der Waals surface area (Å²) >= 11 is 0. The number of carbonyl (C=O) groups excluding carboxylic acids is 1. The van der Waals surface area contributed by atoms with Gasteiger partial charge in [-0.05, 0) is 36.0 Å². The fraction of sp³-hybridized carbons (Fsp3) is 0.562. The number of aryl methyl sites for hydroxylation is 1. The molecule has 4 nitrogen and oxygen atoms in total. The van der Waals surface area contributed by atoms with Crippen molar-refractivity contribution >= 4 is 24.0 Å². The summed E-state index contributed by atoms with van der Waals surface area (Å²) in [7, 11) is 1.56. The summed E-state index contributed by atoms with van der Waals surface area (Å²) < 4.78 is 4.98. The Morgan fingerprint density at radius 2 is 2.14 bits per heavy atom. The Hall–Kier alpha value is -1.10. The molecule has 1 unspecified atom stereocenters. The van der Waals surface area contributed by atoms with Gasteiger partial charge in [0, 0.05) is 19.3 Å². The van der Waals surface area contributed by atoms with Gasteiger partial charge < -0.3 is 15.4 Å². The largest absolute Gasteiger partial charge is 0.383 e. The summed E-state index contributed by atoms with van der Waals surface area (Å²) in [4.78, 5) is 14.2. The van der Waals surface area contributed by atoms with Crippen LogP contribution in [0.2, 0.25) is 0 Å². The Kier molecular flexibility index (Phi) is 6.65. The van der Waals surface area contributed by atoms with Crippen molar-refractivity contribution in [2.75, 3.05) is 25.2 Å². The van der Waals surface area contributed by atoms with Crippen LogP contribution in [0.4, 0.5) is 5.69 Å². The molecule has 1 heterocycles. The van der Waals surface area contributed by atoms with E-state index in [-0.39, 0.29) is 24.9 Å². The van der Waals surface area contributed by atoms with Crippen LogP contribution in [-0.4, -0.2) is 32.2 Å². The zero-order valence-corrected chi connectivity index (χ0v) is 13.8. The molecule has 1 atom stereocenters. The van der Waals surface area contributed by atoms with E-state index >= 15 is 0 Å². The van der Waals surface area contributed by atoms with E-state index in [0.29, 0.717) is 5.92 Å². The van der Waals surface area contributed by atoms with Crippen LogP contribution in [0.15, 0.2) is 18.2 Å². The van der Waals surface area contributed by atoms with Crippen LogP contribution in [-0.2, 0) is 16.0 Å². The standard InChI is InChI=1S/C16H24N2O2.ClH/c1-11(2)12-6-7-15-13(9-12)5-4-8-18(15)16(19)14(17)10-20-3;/h6-7,9,11,14H,4-5,8,10,17H2,1-3H3;1H. The average molecular weight is 313 g/mol. The third-order valence-corrected chi connectivity index (χ3v) is 3.82. The van der Waals surface area contributed by atoms with Gasteiger partial charge in [0.15, 0.2) is 0 Å². The fourth-order valence-corrected chi connectivity index (χ4v) is 2.66. The highest BCUT2D eigenvalue weighted by Gasteiger charge is 2.26. The Morgan fingerprint density at radius 3 is 2.76 bits per heavy atom. The first-order valence-corrected chi connectivity index (χ1v) is 7.23. The van der Waals surface area contributed by atoms with Crippen LogP contribution in [0.1, 0.15) is 37.3 Å². The van der Waals surface area contributed by atoms with Crippen LogP contribution in [0.25, 0.3) is 0 Å². The van der Waals surface area contributed by atoms with Crippen LogP contribution >= 0.6 is 12.4 Å². The van der Waals surface area contributed by atoms with E-state index in [1.807, 2.05) is 4.90 Å². The van der Waals surface area contributed by atoms with Gasteiger partial charge >= 0.3 is 0 Å². The number of nitrogens with zero attached hydrogens (tertiary/aromatic N) is 1. The van der Waals surface area contributed by atoms with Crippen molar-refractivity contribution in [2.45, 2.75) is 38.6 Å². The van der Waals surface area contributed by atoms with E-state index in [2.05, 4.69) is 32.0 Å². The second-order valence-electron chi connectivity index (χ2n) is 5.70. The zero-order valence-electron chi connectivity index (χ0n) is 13.0. The first-order chi connectivity index (χ1) is 9.54. The maximum Gasteiger partial charge on any atom is 0.246 e. The molecular weight excluding hydrogens is 288 g/mol. The van der Waals surface area contributed by atoms with Crippen molar-refractivity contribution in [2.24, 2.45) is 5.73 Å². The van der Waals surface area contributed by atoms with Crippen molar-refractivity contribution < 1.29 is 9.53 Å². The second-order valence-corrected chi connectivity index (χ2v) is 5.70. The van der Waals surface area contributed by atoms with Gasteiger partial charge in [0.1, 0.15) is 6.04 Å². The fourth-order valence-electron chi connectivity index (χ4n) is 2.66. The Labute approximate surface area is 133 Å². The van der Waals surface area contributed by atoms with Gasteiger partial charge in [-0.3, -0.25) is 4.79 Å². The van der Waals surface area contributed by atoms with E-state index in [1.54, 1.807) is 7.11 Å². The first kappa shape index (κ1) is 18.0. The highest BCUT2D eigenvalue weighted by atomic mass is 35.5. The molecule has 5 heteroatoms. The summed E-state index contributed by atoms with van der Waals surface area (Å²) in [5.41, 5.74) is 9.46. The number of hydrogen-bond acceptors (Lipinski definition) is 3. The molecule has 0 radical (unpaired) electrons. The number of nitrogens with two attached hydrogens (primary N) is 1. The topological polar surface area (TPSA) is 55.6 Å². The van der Waals surface area contributed by atoms with E-state index in [9.17, 15) is 4.79 Å². The number of amides is 1. The smallest absolute Gasteiger partial charge is 0.246 e. The van der Waals surface area contributed by atoms with Crippen LogP contribution in [0.3, 0.4) is 0 Å². The van der Waals surface area contributed by atoms with Crippen LogP contribution in [0.5, 0.6) is 0 Å². The SMILES string of the molecule is COCC(N)C(=O)N1CCCc2cc(C(C)C)ccc21.Cl.